The van der Waals surface area contributed by atoms with Gasteiger partial charge in [0.25, 0.3) is 0 Å². The van der Waals surface area contributed by atoms with E-state index < -0.39 is 0 Å². The van der Waals surface area contributed by atoms with E-state index in [0.717, 1.165) is 16.9 Å². The van der Waals surface area contributed by atoms with Crippen molar-refractivity contribution in [2.45, 2.75) is 12.8 Å². The van der Waals surface area contributed by atoms with Crippen molar-refractivity contribution in [3.8, 4) is 22.9 Å². The fraction of sp³-hybridized carbons (Fsp3) is 0.238. The minimum atomic E-state index is -0.0774. The zero-order valence-corrected chi connectivity index (χ0v) is 16.1. The van der Waals surface area contributed by atoms with E-state index in [-0.39, 0.29) is 5.91 Å². The molecule has 7 nitrogen and oxygen atoms in total. The topological polar surface area (TPSA) is 74.6 Å². The SMILES string of the molecule is COc1cc(CCC(=O)Nc2cccc(-n3cccn3)c2)cc(OC)c1OC. The number of methoxy groups -OCH3 is 3. The summed E-state index contributed by atoms with van der Waals surface area (Å²) in [7, 11) is 4.70. The van der Waals surface area contributed by atoms with Crippen molar-refractivity contribution in [2.24, 2.45) is 0 Å². The maximum Gasteiger partial charge on any atom is 0.224 e. The van der Waals surface area contributed by atoms with Gasteiger partial charge >= 0.3 is 0 Å². The zero-order valence-electron chi connectivity index (χ0n) is 16.1. The number of benzene rings is 2. The largest absolute Gasteiger partial charge is 0.493 e. The first-order valence-electron chi connectivity index (χ1n) is 8.83. The van der Waals surface area contributed by atoms with E-state index in [2.05, 4.69) is 10.4 Å². The van der Waals surface area contributed by atoms with E-state index in [1.165, 1.54) is 0 Å². The number of nitrogens with one attached hydrogen (secondary N) is 1. The van der Waals surface area contributed by atoms with Crippen LogP contribution in [-0.2, 0) is 11.2 Å². The second kappa shape index (κ2) is 8.94. The van der Waals surface area contributed by atoms with Crippen LogP contribution in [0.25, 0.3) is 5.69 Å². The van der Waals surface area contributed by atoms with Gasteiger partial charge in [0.05, 0.1) is 27.0 Å². The molecule has 0 aliphatic heterocycles. The molecule has 0 saturated heterocycles. The number of aryl methyl sites for hydroxylation is 1. The molecule has 2 aromatic carbocycles. The Bertz CT molecular complexity index is 914. The first kappa shape index (κ1) is 19.3. The van der Waals surface area contributed by atoms with Gasteiger partial charge in [-0.3, -0.25) is 4.79 Å². The first-order valence-corrected chi connectivity index (χ1v) is 8.83. The summed E-state index contributed by atoms with van der Waals surface area (Å²) in [4.78, 5) is 12.4. The van der Waals surface area contributed by atoms with Crippen LogP contribution in [0.15, 0.2) is 54.9 Å². The van der Waals surface area contributed by atoms with Gasteiger partial charge in [0.15, 0.2) is 11.5 Å². The van der Waals surface area contributed by atoms with Crippen LogP contribution in [0.3, 0.4) is 0 Å². The molecule has 0 radical (unpaired) electrons. The molecule has 0 spiro atoms. The number of aromatic nitrogens is 2. The molecule has 1 heterocycles. The Balaban J connectivity index is 1.66. The van der Waals surface area contributed by atoms with Gasteiger partial charge in [-0.1, -0.05) is 6.07 Å². The van der Waals surface area contributed by atoms with Gasteiger partial charge in [-0.25, -0.2) is 4.68 Å². The van der Waals surface area contributed by atoms with Crippen LogP contribution >= 0.6 is 0 Å². The van der Waals surface area contributed by atoms with Gasteiger partial charge in [0, 0.05) is 24.5 Å². The molecule has 146 valence electrons. The van der Waals surface area contributed by atoms with Crippen LogP contribution < -0.4 is 19.5 Å². The van der Waals surface area contributed by atoms with Crippen LogP contribution in [0.1, 0.15) is 12.0 Å². The molecule has 3 rings (SSSR count). The second-order valence-electron chi connectivity index (χ2n) is 6.08. The lowest BCUT2D eigenvalue weighted by atomic mass is 10.1. The van der Waals surface area contributed by atoms with Crippen LogP contribution in [0.2, 0.25) is 0 Å². The highest BCUT2D eigenvalue weighted by Crippen LogP contribution is 2.38. The monoisotopic (exact) mass is 381 g/mol. The lowest BCUT2D eigenvalue weighted by Gasteiger charge is -2.14. The van der Waals surface area contributed by atoms with Gasteiger partial charge in [-0.15, -0.1) is 0 Å². The molecule has 0 unspecified atom stereocenters. The number of carbonyl (C=O) groups is 1. The third kappa shape index (κ3) is 4.43. The molecular formula is C21H23N3O4. The van der Waals surface area contributed by atoms with Crippen molar-refractivity contribution in [3.05, 3.63) is 60.4 Å². The summed E-state index contributed by atoms with van der Waals surface area (Å²) in [5, 5.41) is 7.13. The highest BCUT2D eigenvalue weighted by molar-refractivity contribution is 5.91. The summed E-state index contributed by atoms with van der Waals surface area (Å²) >= 11 is 0. The van der Waals surface area contributed by atoms with Crippen LogP contribution in [0.5, 0.6) is 17.2 Å². The highest BCUT2D eigenvalue weighted by Gasteiger charge is 2.14. The van der Waals surface area contributed by atoms with Gasteiger partial charge in [-0.05, 0) is 48.4 Å². The maximum atomic E-state index is 12.4. The molecule has 0 bridgehead atoms. The molecule has 1 amide bonds. The third-order valence-electron chi connectivity index (χ3n) is 4.26. The minimum absolute atomic E-state index is 0.0774. The summed E-state index contributed by atoms with van der Waals surface area (Å²) in [6, 6.07) is 13.1. The molecule has 1 N–H and O–H groups in total. The first-order chi connectivity index (χ1) is 13.6. The van der Waals surface area contributed by atoms with Crippen molar-refractivity contribution >= 4 is 11.6 Å². The number of nitrogens with zero attached hydrogens (tertiary/aromatic N) is 2. The number of rotatable bonds is 8. The molecular weight excluding hydrogens is 358 g/mol. The number of ether oxygens (including phenoxy) is 3. The molecule has 0 atom stereocenters. The van der Waals surface area contributed by atoms with Gasteiger partial charge in [0.2, 0.25) is 11.7 Å². The molecule has 0 aliphatic carbocycles. The Kier molecular flexibility index (Phi) is 6.16. The number of amides is 1. The Labute approximate surface area is 163 Å². The van der Waals surface area contributed by atoms with Gasteiger partial charge in [0.1, 0.15) is 0 Å². The fourth-order valence-electron chi connectivity index (χ4n) is 2.91. The molecule has 0 fully saturated rings. The van der Waals surface area contributed by atoms with Gasteiger partial charge in [-0.2, -0.15) is 5.10 Å². The summed E-state index contributed by atoms with van der Waals surface area (Å²) in [6.07, 6.45) is 4.43. The maximum absolute atomic E-state index is 12.4. The second-order valence-corrected chi connectivity index (χ2v) is 6.08. The van der Waals surface area contributed by atoms with E-state index >= 15 is 0 Å². The molecule has 3 aromatic rings. The van der Waals surface area contributed by atoms with Crippen molar-refractivity contribution in [2.75, 3.05) is 26.6 Å². The summed E-state index contributed by atoms with van der Waals surface area (Å²) in [5.41, 5.74) is 2.53. The lowest BCUT2D eigenvalue weighted by molar-refractivity contribution is -0.116. The Morgan fingerprint density at radius 3 is 2.39 bits per heavy atom. The van der Waals surface area contributed by atoms with Crippen LogP contribution in [0, 0.1) is 0 Å². The molecule has 0 saturated carbocycles. The van der Waals surface area contributed by atoms with E-state index in [0.29, 0.717) is 30.1 Å². The van der Waals surface area contributed by atoms with Crippen LogP contribution in [-0.4, -0.2) is 37.0 Å². The Hall–Kier alpha value is -3.48. The highest BCUT2D eigenvalue weighted by atomic mass is 16.5. The number of hydrogen-bond donors (Lipinski definition) is 1. The fourth-order valence-corrected chi connectivity index (χ4v) is 2.91. The normalized spacial score (nSPS) is 10.4. The molecule has 7 heteroatoms. The van der Waals surface area contributed by atoms with Crippen molar-refractivity contribution in [3.63, 3.8) is 0 Å². The Morgan fingerprint density at radius 1 is 1.04 bits per heavy atom. The average Bonchev–Trinajstić information content (AvgIpc) is 3.26. The third-order valence-corrected chi connectivity index (χ3v) is 4.26. The molecule has 1 aromatic heterocycles. The average molecular weight is 381 g/mol. The van der Waals surface area contributed by atoms with Gasteiger partial charge < -0.3 is 19.5 Å². The van der Waals surface area contributed by atoms with Crippen molar-refractivity contribution in [1.29, 1.82) is 0 Å². The van der Waals surface area contributed by atoms with Crippen molar-refractivity contribution < 1.29 is 19.0 Å². The summed E-state index contributed by atoms with van der Waals surface area (Å²) in [5.74, 6) is 1.60. The summed E-state index contributed by atoms with van der Waals surface area (Å²) < 4.78 is 17.8. The number of carbonyl (C=O) groups excluding carboxylic acids is 1. The standard InChI is InChI=1S/C21H23N3O4/c1-26-18-12-15(13-19(27-2)21(18)28-3)8-9-20(25)23-16-6-4-7-17(14-16)24-11-5-10-22-24/h4-7,10-14H,8-9H2,1-3H3,(H,23,25). The number of hydrogen-bond acceptors (Lipinski definition) is 5. The molecule has 28 heavy (non-hydrogen) atoms. The van der Waals surface area contributed by atoms with E-state index in [1.54, 1.807) is 32.2 Å². The van der Waals surface area contributed by atoms with Crippen LogP contribution in [0.4, 0.5) is 5.69 Å². The minimum Gasteiger partial charge on any atom is -0.493 e. The zero-order chi connectivity index (χ0) is 19.9. The Morgan fingerprint density at radius 2 is 1.79 bits per heavy atom. The van der Waals surface area contributed by atoms with E-state index in [4.69, 9.17) is 14.2 Å². The quantitative estimate of drug-likeness (QED) is 0.647. The molecule has 0 aliphatic rings. The number of anilines is 1. The van der Waals surface area contributed by atoms with E-state index in [9.17, 15) is 4.79 Å². The lowest BCUT2D eigenvalue weighted by Crippen LogP contribution is -2.12. The predicted molar refractivity (Wildman–Crippen MR) is 107 cm³/mol. The smallest absolute Gasteiger partial charge is 0.224 e. The summed E-state index contributed by atoms with van der Waals surface area (Å²) in [6.45, 7) is 0. The van der Waals surface area contributed by atoms with Crippen molar-refractivity contribution in [1.82, 2.24) is 9.78 Å². The van der Waals surface area contributed by atoms with E-state index in [1.807, 2.05) is 48.7 Å². The predicted octanol–water partition coefficient (Wildman–Crippen LogP) is 3.47.